The maximum atomic E-state index is 2.52. The van der Waals surface area contributed by atoms with Crippen molar-refractivity contribution in [1.82, 2.24) is 0 Å². The van der Waals surface area contributed by atoms with Crippen LogP contribution in [0.4, 0.5) is 0 Å². The molecule has 13 heavy (non-hydrogen) atoms. The predicted molar refractivity (Wildman–Crippen MR) is 57.6 cm³/mol. The van der Waals surface area contributed by atoms with Crippen molar-refractivity contribution in [2.24, 2.45) is 23.7 Å². The van der Waals surface area contributed by atoms with Gasteiger partial charge in [-0.05, 0) is 42.9 Å². The predicted octanol–water partition coefficient (Wildman–Crippen LogP) is 4.25. The van der Waals surface area contributed by atoms with Gasteiger partial charge in [0, 0.05) is 0 Å². The van der Waals surface area contributed by atoms with Crippen molar-refractivity contribution in [3.8, 4) is 0 Å². The standard InChI is InChI=1S/C13H24/c1-3-11-8-9-12-6-4-5-7-13(12)10(11)2/h10-13H,3-9H2,1-2H3. The van der Waals surface area contributed by atoms with Crippen LogP contribution in [-0.4, -0.2) is 0 Å². The minimum absolute atomic E-state index is 1.03. The number of fused-ring (bicyclic) bond motifs is 1. The van der Waals surface area contributed by atoms with Gasteiger partial charge < -0.3 is 0 Å². The molecular formula is C13H24. The Morgan fingerprint density at radius 3 is 2.54 bits per heavy atom. The molecule has 0 amide bonds. The van der Waals surface area contributed by atoms with E-state index in [2.05, 4.69) is 13.8 Å². The van der Waals surface area contributed by atoms with E-state index in [1.165, 1.54) is 25.7 Å². The first-order valence-electron chi connectivity index (χ1n) is 6.33. The van der Waals surface area contributed by atoms with Gasteiger partial charge in [-0.15, -0.1) is 0 Å². The van der Waals surface area contributed by atoms with E-state index < -0.39 is 0 Å². The van der Waals surface area contributed by atoms with E-state index in [1.807, 2.05) is 0 Å². The molecule has 4 unspecified atom stereocenters. The molecule has 0 radical (unpaired) electrons. The molecule has 4 atom stereocenters. The van der Waals surface area contributed by atoms with E-state index in [0.717, 1.165) is 23.7 Å². The number of hydrogen-bond acceptors (Lipinski definition) is 0. The minimum Gasteiger partial charge on any atom is -0.0651 e. The maximum absolute atomic E-state index is 2.52. The molecule has 2 saturated carbocycles. The Morgan fingerprint density at radius 1 is 1.00 bits per heavy atom. The van der Waals surface area contributed by atoms with Gasteiger partial charge >= 0.3 is 0 Å². The normalized spacial score (nSPS) is 45.7. The van der Waals surface area contributed by atoms with Gasteiger partial charge in [0.05, 0.1) is 0 Å². The van der Waals surface area contributed by atoms with Crippen molar-refractivity contribution in [3.63, 3.8) is 0 Å². The van der Waals surface area contributed by atoms with Crippen molar-refractivity contribution in [2.45, 2.75) is 58.8 Å². The molecule has 0 heterocycles. The van der Waals surface area contributed by atoms with Crippen LogP contribution in [0.25, 0.3) is 0 Å². The van der Waals surface area contributed by atoms with Gasteiger partial charge in [0.1, 0.15) is 0 Å². The van der Waals surface area contributed by atoms with Gasteiger partial charge in [-0.2, -0.15) is 0 Å². The highest BCUT2D eigenvalue weighted by Crippen LogP contribution is 2.46. The molecule has 76 valence electrons. The summed E-state index contributed by atoms with van der Waals surface area (Å²) < 4.78 is 0. The fraction of sp³-hybridized carbons (Fsp3) is 1.00. The molecule has 2 rings (SSSR count). The Balaban J connectivity index is 2.01. The smallest absolute Gasteiger partial charge is 0.0357 e. The summed E-state index contributed by atoms with van der Waals surface area (Å²) in [6, 6.07) is 0. The molecule has 0 nitrogen and oxygen atoms in total. The lowest BCUT2D eigenvalue weighted by molar-refractivity contribution is 0.0638. The highest BCUT2D eigenvalue weighted by Gasteiger charge is 2.36. The molecule has 0 spiro atoms. The first-order chi connectivity index (χ1) is 6.33. The SMILES string of the molecule is CCC1CCC2CCCCC2C1C. The van der Waals surface area contributed by atoms with Crippen LogP contribution in [0.15, 0.2) is 0 Å². The van der Waals surface area contributed by atoms with Gasteiger partial charge in [-0.25, -0.2) is 0 Å². The Bertz CT molecular complexity index is 161. The topological polar surface area (TPSA) is 0 Å². The molecular weight excluding hydrogens is 156 g/mol. The van der Waals surface area contributed by atoms with E-state index in [0.29, 0.717) is 0 Å². The monoisotopic (exact) mass is 180 g/mol. The average molecular weight is 180 g/mol. The Hall–Kier alpha value is 0. The average Bonchev–Trinajstić information content (AvgIpc) is 2.19. The Labute approximate surface area is 83.1 Å². The number of rotatable bonds is 1. The van der Waals surface area contributed by atoms with Crippen molar-refractivity contribution in [3.05, 3.63) is 0 Å². The lowest BCUT2D eigenvalue weighted by atomic mass is 9.62. The lowest BCUT2D eigenvalue weighted by Gasteiger charge is -2.44. The van der Waals surface area contributed by atoms with Crippen molar-refractivity contribution in [2.75, 3.05) is 0 Å². The third-order valence-electron chi connectivity index (χ3n) is 4.82. The van der Waals surface area contributed by atoms with Gasteiger partial charge in [0.2, 0.25) is 0 Å². The Kier molecular flexibility index (Phi) is 2.96. The van der Waals surface area contributed by atoms with Crippen LogP contribution in [0.3, 0.4) is 0 Å². The molecule has 0 aliphatic heterocycles. The van der Waals surface area contributed by atoms with E-state index in [9.17, 15) is 0 Å². The first kappa shape index (κ1) is 9.55. The van der Waals surface area contributed by atoms with Gasteiger partial charge in [-0.1, -0.05) is 39.5 Å². The van der Waals surface area contributed by atoms with Gasteiger partial charge in [0.25, 0.3) is 0 Å². The summed E-state index contributed by atoms with van der Waals surface area (Å²) in [7, 11) is 0. The molecule has 2 fully saturated rings. The second-order valence-electron chi connectivity index (χ2n) is 5.31. The molecule has 0 saturated heterocycles. The van der Waals surface area contributed by atoms with Crippen LogP contribution >= 0.6 is 0 Å². The van der Waals surface area contributed by atoms with E-state index in [-0.39, 0.29) is 0 Å². The third kappa shape index (κ3) is 1.78. The zero-order chi connectivity index (χ0) is 9.26. The molecule has 0 aromatic rings. The second kappa shape index (κ2) is 4.02. The summed E-state index contributed by atoms with van der Waals surface area (Å²) in [4.78, 5) is 0. The van der Waals surface area contributed by atoms with Crippen molar-refractivity contribution in [1.29, 1.82) is 0 Å². The minimum atomic E-state index is 1.03. The molecule has 2 aliphatic rings. The lowest BCUT2D eigenvalue weighted by Crippen LogP contribution is -2.34. The summed E-state index contributed by atoms with van der Waals surface area (Å²) in [5.74, 6) is 4.31. The largest absolute Gasteiger partial charge is 0.0651 e. The second-order valence-corrected chi connectivity index (χ2v) is 5.31. The highest BCUT2D eigenvalue weighted by molar-refractivity contribution is 4.87. The Morgan fingerprint density at radius 2 is 1.77 bits per heavy atom. The van der Waals surface area contributed by atoms with Crippen LogP contribution < -0.4 is 0 Å². The van der Waals surface area contributed by atoms with E-state index in [4.69, 9.17) is 0 Å². The van der Waals surface area contributed by atoms with Gasteiger partial charge in [0.15, 0.2) is 0 Å². The summed E-state index contributed by atoms with van der Waals surface area (Å²) in [6.07, 6.45) is 10.6. The molecule has 0 bridgehead atoms. The molecule has 0 aromatic heterocycles. The zero-order valence-electron chi connectivity index (χ0n) is 9.26. The quantitative estimate of drug-likeness (QED) is 0.566. The summed E-state index contributed by atoms with van der Waals surface area (Å²) in [5.41, 5.74) is 0. The number of hydrogen-bond donors (Lipinski definition) is 0. The molecule has 0 aromatic carbocycles. The zero-order valence-corrected chi connectivity index (χ0v) is 9.26. The summed E-state index contributed by atoms with van der Waals surface area (Å²) in [5, 5.41) is 0. The highest BCUT2D eigenvalue weighted by atomic mass is 14.4. The van der Waals surface area contributed by atoms with Crippen molar-refractivity contribution < 1.29 is 0 Å². The first-order valence-corrected chi connectivity index (χ1v) is 6.33. The third-order valence-corrected chi connectivity index (χ3v) is 4.82. The van der Waals surface area contributed by atoms with Crippen LogP contribution in [0.5, 0.6) is 0 Å². The van der Waals surface area contributed by atoms with E-state index in [1.54, 1.807) is 19.3 Å². The molecule has 0 N–H and O–H groups in total. The van der Waals surface area contributed by atoms with Crippen LogP contribution in [-0.2, 0) is 0 Å². The summed E-state index contributed by atoms with van der Waals surface area (Å²) in [6.45, 7) is 4.90. The fourth-order valence-corrected chi connectivity index (χ4v) is 3.90. The molecule has 2 aliphatic carbocycles. The molecule has 0 heteroatoms. The fourth-order valence-electron chi connectivity index (χ4n) is 3.90. The van der Waals surface area contributed by atoms with Crippen LogP contribution in [0.2, 0.25) is 0 Å². The van der Waals surface area contributed by atoms with Crippen LogP contribution in [0.1, 0.15) is 58.8 Å². The maximum Gasteiger partial charge on any atom is -0.0357 e. The summed E-state index contributed by atoms with van der Waals surface area (Å²) >= 11 is 0. The van der Waals surface area contributed by atoms with E-state index >= 15 is 0 Å². The van der Waals surface area contributed by atoms with Crippen molar-refractivity contribution >= 4 is 0 Å². The van der Waals surface area contributed by atoms with Gasteiger partial charge in [-0.3, -0.25) is 0 Å². The van der Waals surface area contributed by atoms with Crippen LogP contribution in [0, 0.1) is 23.7 Å².